The van der Waals surface area contributed by atoms with Crippen molar-refractivity contribution in [3.63, 3.8) is 0 Å². The zero-order valence-corrected chi connectivity index (χ0v) is 18.4. The molecule has 0 aliphatic rings. The first-order valence-electron chi connectivity index (χ1n) is 11.1. The SMILES string of the molecule is c1ccc2c(c1)oc1cc3c4ccccc4n(-c4cccc5sc6ccccc6c45)c3cc12. The molecule has 0 saturated carbocycles. The number of hydrogen-bond acceptors (Lipinski definition) is 2. The lowest BCUT2D eigenvalue weighted by molar-refractivity contribution is 0.669. The van der Waals surface area contributed by atoms with E-state index >= 15 is 0 Å². The molecule has 0 unspecified atom stereocenters. The lowest BCUT2D eigenvalue weighted by Gasteiger charge is -2.10. The van der Waals surface area contributed by atoms with E-state index in [1.807, 2.05) is 23.5 Å². The molecule has 0 amide bonds. The minimum Gasteiger partial charge on any atom is -0.456 e. The molecule has 0 bridgehead atoms. The van der Waals surface area contributed by atoms with Gasteiger partial charge in [0.15, 0.2) is 0 Å². The van der Waals surface area contributed by atoms with Crippen LogP contribution in [-0.4, -0.2) is 4.57 Å². The monoisotopic (exact) mass is 439 g/mol. The van der Waals surface area contributed by atoms with E-state index in [1.165, 1.54) is 47.7 Å². The van der Waals surface area contributed by atoms with Gasteiger partial charge in [-0.2, -0.15) is 0 Å². The van der Waals surface area contributed by atoms with Gasteiger partial charge in [0.05, 0.1) is 16.7 Å². The highest BCUT2D eigenvalue weighted by molar-refractivity contribution is 7.25. The van der Waals surface area contributed by atoms with Crippen LogP contribution in [0.5, 0.6) is 0 Å². The van der Waals surface area contributed by atoms with Crippen molar-refractivity contribution >= 4 is 75.3 Å². The number of furan rings is 1. The Hall–Kier alpha value is -4.08. The van der Waals surface area contributed by atoms with Crippen molar-refractivity contribution in [2.75, 3.05) is 0 Å². The molecule has 3 heteroatoms. The molecule has 33 heavy (non-hydrogen) atoms. The molecular weight excluding hydrogens is 422 g/mol. The number of nitrogens with zero attached hydrogens (tertiary/aromatic N) is 1. The van der Waals surface area contributed by atoms with E-state index in [-0.39, 0.29) is 0 Å². The smallest absolute Gasteiger partial charge is 0.136 e. The van der Waals surface area contributed by atoms with Gasteiger partial charge in [-0.05, 0) is 42.5 Å². The Morgan fingerprint density at radius 2 is 1.27 bits per heavy atom. The van der Waals surface area contributed by atoms with Crippen LogP contribution in [0.3, 0.4) is 0 Å². The summed E-state index contributed by atoms with van der Waals surface area (Å²) in [5.74, 6) is 0. The molecule has 0 atom stereocenters. The van der Waals surface area contributed by atoms with Crippen LogP contribution < -0.4 is 0 Å². The molecule has 8 rings (SSSR count). The zero-order valence-electron chi connectivity index (χ0n) is 17.6. The van der Waals surface area contributed by atoms with E-state index in [1.54, 1.807) is 0 Å². The molecule has 0 aliphatic carbocycles. The minimum absolute atomic E-state index is 0.932. The highest BCUT2D eigenvalue weighted by Gasteiger charge is 2.18. The van der Waals surface area contributed by atoms with Crippen molar-refractivity contribution in [3.8, 4) is 5.69 Å². The number of thiophene rings is 1. The standard InChI is InChI=1S/C30H17NOS/c1-4-11-23-18(8-1)21-17-27-22(19-9-2-5-13-26(19)32-27)16-25(21)31(23)24-12-7-15-29-30(24)20-10-3-6-14-28(20)33-29/h1-17H. The largest absolute Gasteiger partial charge is 0.456 e. The van der Waals surface area contributed by atoms with Gasteiger partial charge in [-0.15, -0.1) is 11.3 Å². The molecule has 0 aliphatic heterocycles. The van der Waals surface area contributed by atoms with E-state index in [2.05, 4.69) is 95.6 Å². The summed E-state index contributed by atoms with van der Waals surface area (Å²) in [7, 11) is 0. The molecule has 0 saturated heterocycles. The third kappa shape index (κ3) is 2.27. The first kappa shape index (κ1) is 17.5. The van der Waals surface area contributed by atoms with Crippen molar-refractivity contribution in [2.24, 2.45) is 0 Å². The third-order valence-corrected chi connectivity index (χ3v) is 7.93. The van der Waals surface area contributed by atoms with E-state index < -0.39 is 0 Å². The predicted molar refractivity (Wildman–Crippen MR) is 141 cm³/mol. The van der Waals surface area contributed by atoms with Gasteiger partial charge in [-0.1, -0.05) is 60.7 Å². The molecular formula is C30H17NOS. The summed E-state index contributed by atoms with van der Waals surface area (Å²) < 4.78 is 11.3. The predicted octanol–water partition coefficient (Wildman–Crippen LogP) is 9.05. The van der Waals surface area contributed by atoms with Crippen molar-refractivity contribution in [1.29, 1.82) is 0 Å². The number of hydrogen-bond donors (Lipinski definition) is 0. The van der Waals surface area contributed by atoms with Crippen molar-refractivity contribution in [1.82, 2.24) is 4.57 Å². The Kier molecular flexibility index (Phi) is 3.31. The van der Waals surface area contributed by atoms with Gasteiger partial charge in [-0.25, -0.2) is 0 Å². The number of para-hydroxylation sites is 2. The van der Waals surface area contributed by atoms with Gasteiger partial charge in [0, 0.05) is 41.7 Å². The lowest BCUT2D eigenvalue weighted by atomic mass is 10.1. The normalized spacial score (nSPS) is 12.2. The topological polar surface area (TPSA) is 18.1 Å². The van der Waals surface area contributed by atoms with Crippen LogP contribution in [0.25, 0.3) is 69.6 Å². The first-order chi connectivity index (χ1) is 16.4. The molecule has 0 radical (unpaired) electrons. The Morgan fingerprint density at radius 1 is 0.515 bits per heavy atom. The van der Waals surface area contributed by atoms with Crippen LogP contribution in [0.15, 0.2) is 108 Å². The van der Waals surface area contributed by atoms with E-state index in [9.17, 15) is 0 Å². The number of benzene rings is 5. The molecule has 0 spiro atoms. The fourth-order valence-corrected chi connectivity index (χ4v) is 6.52. The maximum Gasteiger partial charge on any atom is 0.136 e. The molecule has 2 nitrogen and oxygen atoms in total. The van der Waals surface area contributed by atoms with Crippen LogP contribution in [0.2, 0.25) is 0 Å². The highest BCUT2D eigenvalue weighted by atomic mass is 32.1. The second-order valence-electron chi connectivity index (χ2n) is 8.56. The third-order valence-electron chi connectivity index (χ3n) is 6.79. The lowest BCUT2D eigenvalue weighted by Crippen LogP contribution is -1.94. The molecule has 5 aromatic carbocycles. The molecule has 3 heterocycles. The van der Waals surface area contributed by atoms with Gasteiger partial charge in [0.1, 0.15) is 11.2 Å². The second-order valence-corrected chi connectivity index (χ2v) is 9.65. The average Bonchev–Trinajstić information content (AvgIpc) is 3.52. The summed E-state index contributed by atoms with van der Waals surface area (Å²) in [5.41, 5.74) is 5.52. The van der Waals surface area contributed by atoms with E-state index in [4.69, 9.17) is 4.42 Å². The molecule has 0 N–H and O–H groups in total. The molecule has 154 valence electrons. The van der Waals surface area contributed by atoms with Crippen LogP contribution in [0, 0.1) is 0 Å². The zero-order chi connectivity index (χ0) is 21.5. The van der Waals surface area contributed by atoms with Crippen LogP contribution >= 0.6 is 11.3 Å². The number of rotatable bonds is 1. The summed E-state index contributed by atoms with van der Waals surface area (Å²) in [6.07, 6.45) is 0. The summed E-state index contributed by atoms with van der Waals surface area (Å²) in [5, 5.41) is 7.40. The summed E-state index contributed by atoms with van der Waals surface area (Å²) in [6, 6.07) is 36.9. The summed E-state index contributed by atoms with van der Waals surface area (Å²) in [6.45, 7) is 0. The van der Waals surface area contributed by atoms with Crippen molar-refractivity contribution < 1.29 is 4.42 Å². The fraction of sp³-hybridized carbons (Fsp3) is 0. The molecule has 8 aromatic rings. The highest BCUT2D eigenvalue weighted by Crippen LogP contribution is 2.42. The fourth-order valence-electron chi connectivity index (χ4n) is 5.39. The second kappa shape index (κ2) is 6.25. The van der Waals surface area contributed by atoms with Gasteiger partial charge >= 0.3 is 0 Å². The van der Waals surface area contributed by atoms with Crippen LogP contribution in [0.1, 0.15) is 0 Å². The van der Waals surface area contributed by atoms with Gasteiger partial charge < -0.3 is 8.98 Å². The van der Waals surface area contributed by atoms with Gasteiger partial charge in [-0.3, -0.25) is 0 Å². The quantitative estimate of drug-likeness (QED) is 0.249. The maximum atomic E-state index is 6.23. The van der Waals surface area contributed by atoms with E-state index in [0.29, 0.717) is 0 Å². The molecule has 0 fully saturated rings. The Bertz CT molecular complexity index is 2040. The number of fused-ring (bicyclic) bond motifs is 9. The number of aromatic nitrogens is 1. The summed E-state index contributed by atoms with van der Waals surface area (Å²) in [4.78, 5) is 0. The Labute approximate surface area is 192 Å². The first-order valence-corrected chi connectivity index (χ1v) is 11.9. The minimum atomic E-state index is 0.932. The average molecular weight is 440 g/mol. The van der Waals surface area contributed by atoms with Gasteiger partial charge in [0.25, 0.3) is 0 Å². The Morgan fingerprint density at radius 3 is 2.21 bits per heavy atom. The van der Waals surface area contributed by atoms with Crippen molar-refractivity contribution in [2.45, 2.75) is 0 Å². The maximum absolute atomic E-state index is 6.23. The van der Waals surface area contributed by atoms with Crippen molar-refractivity contribution in [3.05, 3.63) is 103 Å². The van der Waals surface area contributed by atoms with Crippen LogP contribution in [0.4, 0.5) is 0 Å². The Balaban J connectivity index is 1.61. The van der Waals surface area contributed by atoms with E-state index in [0.717, 1.165) is 21.9 Å². The summed E-state index contributed by atoms with van der Waals surface area (Å²) >= 11 is 1.86. The molecule has 3 aromatic heterocycles. The van der Waals surface area contributed by atoms with Crippen LogP contribution in [-0.2, 0) is 0 Å². The van der Waals surface area contributed by atoms with Gasteiger partial charge in [0.2, 0.25) is 0 Å².